The third kappa shape index (κ3) is 3.60. The van der Waals surface area contributed by atoms with Gasteiger partial charge in [-0.15, -0.1) is 0 Å². The number of hydrogen-bond donors (Lipinski definition) is 1. The molecular formula is C15H26N4O. The summed E-state index contributed by atoms with van der Waals surface area (Å²) in [5, 5.41) is 3.34. The van der Waals surface area contributed by atoms with Crippen LogP contribution in [0.4, 0.5) is 11.6 Å². The minimum Gasteiger partial charge on any atom is -0.376 e. The van der Waals surface area contributed by atoms with Crippen LogP contribution in [0.1, 0.15) is 38.7 Å². The van der Waals surface area contributed by atoms with Gasteiger partial charge >= 0.3 is 0 Å². The van der Waals surface area contributed by atoms with Crippen molar-refractivity contribution < 1.29 is 4.74 Å². The van der Waals surface area contributed by atoms with Gasteiger partial charge in [0, 0.05) is 32.3 Å². The zero-order valence-electron chi connectivity index (χ0n) is 12.9. The van der Waals surface area contributed by atoms with Crippen LogP contribution in [-0.4, -0.2) is 42.8 Å². The second kappa shape index (κ2) is 7.43. The van der Waals surface area contributed by atoms with E-state index in [1.165, 1.54) is 12.0 Å². The Labute approximate surface area is 121 Å². The third-order valence-electron chi connectivity index (χ3n) is 3.63. The maximum absolute atomic E-state index is 5.72. The van der Waals surface area contributed by atoms with Crippen molar-refractivity contribution in [3.05, 3.63) is 11.9 Å². The van der Waals surface area contributed by atoms with Gasteiger partial charge in [0.05, 0.1) is 6.10 Å². The number of likely N-dealkylation sites (N-methyl/N-ethyl adjacent to an activating group) is 1. The van der Waals surface area contributed by atoms with Crippen LogP contribution in [0.2, 0.25) is 0 Å². The molecule has 5 nitrogen and oxygen atoms in total. The number of nitrogens with one attached hydrogen (secondary N) is 1. The summed E-state index contributed by atoms with van der Waals surface area (Å²) >= 11 is 0. The van der Waals surface area contributed by atoms with Crippen LogP contribution in [0.25, 0.3) is 0 Å². The van der Waals surface area contributed by atoms with Gasteiger partial charge in [-0.05, 0) is 26.2 Å². The summed E-state index contributed by atoms with van der Waals surface area (Å²) < 4.78 is 5.72. The average molecular weight is 278 g/mol. The first-order chi connectivity index (χ1) is 9.76. The predicted octanol–water partition coefficient (Wildman–Crippen LogP) is 2.48. The highest BCUT2D eigenvalue weighted by molar-refractivity contribution is 5.58. The number of rotatable bonds is 7. The molecule has 2 heterocycles. The molecule has 0 amide bonds. The van der Waals surface area contributed by atoms with Crippen molar-refractivity contribution in [2.24, 2.45) is 0 Å². The van der Waals surface area contributed by atoms with E-state index in [0.29, 0.717) is 6.10 Å². The van der Waals surface area contributed by atoms with Crippen LogP contribution in [0, 0.1) is 0 Å². The number of anilines is 2. The molecule has 0 aromatic carbocycles. The fourth-order valence-electron chi connectivity index (χ4n) is 2.71. The first kappa shape index (κ1) is 15.0. The lowest BCUT2D eigenvalue weighted by atomic mass is 10.1. The lowest BCUT2D eigenvalue weighted by molar-refractivity contribution is 0.116. The fraction of sp³-hybridized carbons (Fsp3) is 0.733. The molecule has 1 saturated heterocycles. The van der Waals surface area contributed by atoms with E-state index in [2.05, 4.69) is 41.1 Å². The van der Waals surface area contributed by atoms with E-state index in [-0.39, 0.29) is 0 Å². The predicted molar refractivity (Wildman–Crippen MR) is 82.4 cm³/mol. The van der Waals surface area contributed by atoms with E-state index in [1.807, 2.05) is 0 Å². The van der Waals surface area contributed by atoms with Crippen molar-refractivity contribution in [1.29, 1.82) is 0 Å². The molecule has 1 unspecified atom stereocenters. The quantitative estimate of drug-likeness (QED) is 0.830. The van der Waals surface area contributed by atoms with Gasteiger partial charge in [-0.25, -0.2) is 9.97 Å². The van der Waals surface area contributed by atoms with Crippen molar-refractivity contribution in [2.75, 3.05) is 37.0 Å². The fourth-order valence-corrected chi connectivity index (χ4v) is 2.71. The van der Waals surface area contributed by atoms with Gasteiger partial charge in [0.15, 0.2) is 0 Å². The lowest BCUT2D eigenvalue weighted by Crippen LogP contribution is -2.30. The highest BCUT2D eigenvalue weighted by atomic mass is 16.5. The molecule has 0 aliphatic carbocycles. The first-order valence-corrected chi connectivity index (χ1v) is 7.66. The topological polar surface area (TPSA) is 50.3 Å². The third-order valence-corrected chi connectivity index (χ3v) is 3.63. The highest BCUT2D eigenvalue weighted by Gasteiger charge is 2.20. The van der Waals surface area contributed by atoms with E-state index in [4.69, 9.17) is 4.74 Å². The van der Waals surface area contributed by atoms with E-state index >= 15 is 0 Å². The summed E-state index contributed by atoms with van der Waals surface area (Å²) in [4.78, 5) is 11.1. The van der Waals surface area contributed by atoms with Crippen molar-refractivity contribution in [1.82, 2.24) is 9.97 Å². The Morgan fingerprint density at radius 1 is 1.40 bits per heavy atom. The molecule has 1 atom stereocenters. The Morgan fingerprint density at radius 2 is 2.25 bits per heavy atom. The minimum atomic E-state index is 0.340. The van der Waals surface area contributed by atoms with E-state index in [9.17, 15) is 0 Å². The molecule has 1 fully saturated rings. The van der Waals surface area contributed by atoms with Gasteiger partial charge < -0.3 is 15.0 Å². The van der Waals surface area contributed by atoms with Crippen molar-refractivity contribution in [3.8, 4) is 0 Å². The maximum Gasteiger partial charge on any atom is 0.137 e. The van der Waals surface area contributed by atoms with Crippen LogP contribution in [-0.2, 0) is 11.2 Å². The zero-order chi connectivity index (χ0) is 14.4. The number of aromatic nitrogens is 2. The van der Waals surface area contributed by atoms with Crippen LogP contribution >= 0.6 is 0 Å². The van der Waals surface area contributed by atoms with Gasteiger partial charge in [0.2, 0.25) is 0 Å². The zero-order valence-corrected chi connectivity index (χ0v) is 12.9. The Morgan fingerprint density at radius 3 is 2.90 bits per heavy atom. The van der Waals surface area contributed by atoms with Crippen LogP contribution in [0.15, 0.2) is 6.33 Å². The molecule has 0 saturated carbocycles. The standard InChI is InChI=1S/C15H26N4O/c1-4-7-13-14(16-5-2)17-11-18-15(13)19(3)10-12-8-6-9-20-12/h11-12H,4-10H2,1-3H3,(H,16,17,18). The van der Waals surface area contributed by atoms with E-state index in [0.717, 1.165) is 50.6 Å². The molecule has 0 radical (unpaired) electrons. The first-order valence-electron chi connectivity index (χ1n) is 7.66. The minimum absolute atomic E-state index is 0.340. The molecule has 0 spiro atoms. The molecule has 1 N–H and O–H groups in total. The van der Waals surface area contributed by atoms with Gasteiger partial charge in [0.25, 0.3) is 0 Å². The molecule has 20 heavy (non-hydrogen) atoms. The van der Waals surface area contributed by atoms with E-state index < -0.39 is 0 Å². The Bertz CT molecular complexity index is 418. The van der Waals surface area contributed by atoms with E-state index in [1.54, 1.807) is 6.33 Å². The summed E-state index contributed by atoms with van der Waals surface area (Å²) in [5.74, 6) is 2.01. The molecule has 5 heteroatoms. The Balaban J connectivity index is 2.17. The molecular weight excluding hydrogens is 252 g/mol. The molecule has 1 aromatic heterocycles. The Hall–Kier alpha value is -1.36. The summed E-state index contributed by atoms with van der Waals surface area (Å²) in [7, 11) is 2.10. The van der Waals surface area contributed by atoms with Crippen LogP contribution < -0.4 is 10.2 Å². The molecule has 1 aromatic rings. The smallest absolute Gasteiger partial charge is 0.137 e. The van der Waals surface area contributed by atoms with Gasteiger partial charge in [-0.1, -0.05) is 13.3 Å². The summed E-state index contributed by atoms with van der Waals surface area (Å²) in [6, 6.07) is 0. The van der Waals surface area contributed by atoms with Gasteiger partial charge in [-0.2, -0.15) is 0 Å². The second-order valence-electron chi connectivity index (χ2n) is 5.32. The largest absolute Gasteiger partial charge is 0.376 e. The van der Waals surface area contributed by atoms with Crippen molar-refractivity contribution in [2.45, 2.75) is 45.6 Å². The molecule has 0 bridgehead atoms. The van der Waals surface area contributed by atoms with Crippen LogP contribution in [0.5, 0.6) is 0 Å². The summed E-state index contributed by atoms with van der Waals surface area (Å²) in [6.07, 6.45) is 6.40. The van der Waals surface area contributed by atoms with Crippen molar-refractivity contribution >= 4 is 11.6 Å². The normalized spacial score (nSPS) is 18.2. The molecule has 2 rings (SSSR count). The summed E-state index contributed by atoms with van der Waals surface area (Å²) in [6.45, 7) is 6.95. The Kier molecular flexibility index (Phi) is 5.59. The van der Waals surface area contributed by atoms with Crippen LogP contribution in [0.3, 0.4) is 0 Å². The number of nitrogens with zero attached hydrogens (tertiary/aromatic N) is 3. The second-order valence-corrected chi connectivity index (χ2v) is 5.32. The number of hydrogen-bond acceptors (Lipinski definition) is 5. The molecule has 1 aliphatic heterocycles. The molecule has 1 aliphatic rings. The van der Waals surface area contributed by atoms with Gasteiger partial charge in [0.1, 0.15) is 18.0 Å². The lowest BCUT2D eigenvalue weighted by Gasteiger charge is -2.25. The van der Waals surface area contributed by atoms with Crippen molar-refractivity contribution in [3.63, 3.8) is 0 Å². The highest BCUT2D eigenvalue weighted by Crippen LogP contribution is 2.25. The maximum atomic E-state index is 5.72. The molecule has 112 valence electrons. The van der Waals surface area contributed by atoms with Gasteiger partial charge in [-0.3, -0.25) is 0 Å². The number of ether oxygens (including phenoxy) is 1. The summed E-state index contributed by atoms with van der Waals surface area (Å²) in [5.41, 5.74) is 1.22. The monoisotopic (exact) mass is 278 g/mol. The SMILES string of the molecule is CCCc1c(NCC)ncnc1N(C)CC1CCCO1. The average Bonchev–Trinajstić information content (AvgIpc) is 2.94.